The van der Waals surface area contributed by atoms with Gasteiger partial charge < -0.3 is 10.4 Å². The van der Waals surface area contributed by atoms with E-state index in [0.717, 1.165) is 64.3 Å². The molecule has 5 heteroatoms. The van der Waals surface area contributed by atoms with Crippen LogP contribution in [0.15, 0.2) is 0 Å². The van der Waals surface area contributed by atoms with Crippen molar-refractivity contribution in [3.05, 3.63) is 0 Å². The summed E-state index contributed by atoms with van der Waals surface area (Å²) in [7, 11) is 0. The molecule has 1 fully saturated rings. The molecule has 0 aromatic heterocycles. The van der Waals surface area contributed by atoms with Gasteiger partial charge in [-0.3, -0.25) is 14.4 Å². The molecule has 132 valence electrons. The number of carbonyl (C=O) groups excluding carboxylic acids is 2. The van der Waals surface area contributed by atoms with E-state index in [2.05, 4.69) is 12.2 Å². The lowest BCUT2D eigenvalue weighted by Gasteiger charge is -2.17. The molecule has 1 aliphatic heterocycles. The molecule has 23 heavy (non-hydrogen) atoms. The Bertz CT molecular complexity index is 394. The SMILES string of the molecule is CCCCCC(=O)C(=O)C1NCC[C@@H]1CCCCCCC(=O)O. The van der Waals surface area contributed by atoms with Crippen molar-refractivity contribution < 1.29 is 19.5 Å². The van der Waals surface area contributed by atoms with Crippen LogP contribution < -0.4 is 5.32 Å². The number of hydrogen-bond donors (Lipinski definition) is 2. The topological polar surface area (TPSA) is 83.5 Å². The minimum Gasteiger partial charge on any atom is -0.481 e. The molecule has 5 nitrogen and oxygen atoms in total. The predicted octanol–water partition coefficient (Wildman–Crippen LogP) is 3.11. The Labute approximate surface area is 139 Å². The zero-order valence-electron chi connectivity index (χ0n) is 14.3. The highest BCUT2D eigenvalue weighted by molar-refractivity contribution is 6.39. The van der Waals surface area contributed by atoms with Crippen LogP contribution >= 0.6 is 0 Å². The van der Waals surface area contributed by atoms with E-state index in [9.17, 15) is 14.4 Å². The second kappa shape index (κ2) is 11.3. The zero-order chi connectivity index (χ0) is 17.1. The lowest BCUT2D eigenvalue weighted by atomic mass is 9.89. The Morgan fingerprint density at radius 3 is 2.39 bits per heavy atom. The molecule has 0 saturated carbocycles. The summed E-state index contributed by atoms with van der Waals surface area (Å²) in [6, 6.07) is -0.289. The number of Topliss-reactive ketones (excluding diaryl/α,β-unsaturated/α-hetero) is 2. The number of carboxylic acid groups (broad SMARTS) is 1. The van der Waals surface area contributed by atoms with Crippen molar-refractivity contribution in [3.8, 4) is 0 Å². The summed E-state index contributed by atoms with van der Waals surface area (Å²) < 4.78 is 0. The standard InChI is InChI=1S/C18H31NO4/c1-2-3-6-10-15(20)18(23)17-14(12-13-19-17)9-7-4-5-8-11-16(21)22/h14,17,19H,2-13H2,1H3,(H,21,22)/t14-,17?/m0/s1. The number of ketones is 2. The maximum atomic E-state index is 12.3. The van der Waals surface area contributed by atoms with Crippen molar-refractivity contribution in [3.63, 3.8) is 0 Å². The minimum atomic E-state index is -0.739. The van der Waals surface area contributed by atoms with Crippen LogP contribution in [0.3, 0.4) is 0 Å². The fourth-order valence-corrected chi connectivity index (χ4v) is 3.24. The second-order valence-corrected chi connectivity index (χ2v) is 6.57. The van der Waals surface area contributed by atoms with Crippen molar-refractivity contribution in [2.75, 3.05) is 6.54 Å². The third-order valence-electron chi connectivity index (χ3n) is 4.63. The third kappa shape index (κ3) is 7.73. The fraction of sp³-hybridized carbons (Fsp3) is 0.833. The number of carbonyl (C=O) groups is 3. The number of hydrogen-bond acceptors (Lipinski definition) is 4. The molecule has 0 radical (unpaired) electrons. The van der Waals surface area contributed by atoms with Crippen LogP contribution in [0, 0.1) is 5.92 Å². The van der Waals surface area contributed by atoms with E-state index < -0.39 is 5.97 Å². The van der Waals surface area contributed by atoms with E-state index >= 15 is 0 Å². The summed E-state index contributed by atoms with van der Waals surface area (Å²) in [6.07, 6.45) is 9.00. The van der Waals surface area contributed by atoms with Gasteiger partial charge in [0, 0.05) is 12.8 Å². The maximum Gasteiger partial charge on any atom is 0.303 e. The smallest absolute Gasteiger partial charge is 0.303 e. The first-order chi connectivity index (χ1) is 11.1. The monoisotopic (exact) mass is 325 g/mol. The van der Waals surface area contributed by atoms with E-state index in [-0.39, 0.29) is 29.9 Å². The van der Waals surface area contributed by atoms with Gasteiger partial charge in [-0.1, -0.05) is 39.0 Å². The molecular weight excluding hydrogens is 294 g/mol. The van der Waals surface area contributed by atoms with Crippen LogP contribution in [0.25, 0.3) is 0 Å². The Balaban J connectivity index is 2.25. The first-order valence-corrected chi connectivity index (χ1v) is 9.08. The first-order valence-electron chi connectivity index (χ1n) is 9.08. The molecule has 1 saturated heterocycles. The van der Waals surface area contributed by atoms with Crippen molar-refractivity contribution in [1.82, 2.24) is 5.32 Å². The van der Waals surface area contributed by atoms with Crippen molar-refractivity contribution in [2.45, 2.75) is 83.6 Å². The minimum absolute atomic E-state index is 0.218. The molecular formula is C18H31NO4. The first kappa shape index (κ1) is 19.8. The molecule has 1 aliphatic rings. The summed E-state index contributed by atoms with van der Waals surface area (Å²) in [5.41, 5.74) is 0. The van der Waals surface area contributed by atoms with Crippen LogP contribution in [-0.2, 0) is 14.4 Å². The van der Waals surface area contributed by atoms with Gasteiger partial charge in [0.25, 0.3) is 0 Å². The quantitative estimate of drug-likeness (QED) is 0.401. The third-order valence-corrected chi connectivity index (χ3v) is 4.63. The molecule has 0 amide bonds. The molecule has 0 aliphatic carbocycles. The van der Waals surface area contributed by atoms with Crippen LogP contribution in [0.1, 0.15) is 77.6 Å². The van der Waals surface area contributed by atoms with Gasteiger partial charge >= 0.3 is 5.97 Å². The average Bonchev–Trinajstić information content (AvgIpc) is 2.98. The maximum absolute atomic E-state index is 12.3. The number of rotatable bonds is 13. The number of nitrogens with one attached hydrogen (secondary N) is 1. The van der Waals surface area contributed by atoms with Gasteiger partial charge in [-0.2, -0.15) is 0 Å². The number of aliphatic carboxylic acids is 1. The van der Waals surface area contributed by atoms with E-state index in [1.165, 1.54) is 0 Å². The van der Waals surface area contributed by atoms with Crippen molar-refractivity contribution >= 4 is 17.5 Å². The summed E-state index contributed by atoms with van der Waals surface area (Å²) in [5, 5.41) is 11.8. The Kier molecular flexibility index (Phi) is 9.76. The Morgan fingerprint density at radius 1 is 1.00 bits per heavy atom. The van der Waals surface area contributed by atoms with Crippen molar-refractivity contribution in [2.24, 2.45) is 5.92 Å². The molecule has 2 atom stereocenters. The second-order valence-electron chi connectivity index (χ2n) is 6.57. The number of unbranched alkanes of at least 4 members (excludes halogenated alkanes) is 5. The normalized spacial score (nSPS) is 20.6. The lowest BCUT2D eigenvalue weighted by molar-refractivity contribution is -0.138. The van der Waals surface area contributed by atoms with E-state index in [1.807, 2.05) is 0 Å². The molecule has 1 unspecified atom stereocenters. The number of carboxylic acids is 1. The van der Waals surface area contributed by atoms with Gasteiger partial charge in [0.05, 0.1) is 6.04 Å². The van der Waals surface area contributed by atoms with Crippen LogP contribution in [0.5, 0.6) is 0 Å². The Hall–Kier alpha value is -1.23. The van der Waals surface area contributed by atoms with Gasteiger partial charge in [0.1, 0.15) is 0 Å². The highest BCUT2D eigenvalue weighted by Gasteiger charge is 2.34. The van der Waals surface area contributed by atoms with Crippen LogP contribution in [0.2, 0.25) is 0 Å². The van der Waals surface area contributed by atoms with Gasteiger partial charge in [-0.15, -0.1) is 0 Å². The van der Waals surface area contributed by atoms with Crippen molar-refractivity contribution in [1.29, 1.82) is 0 Å². The fourth-order valence-electron chi connectivity index (χ4n) is 3.24. The molecule has 2 N–H and O–H groups in total. The highest BCUT2D eigenvalue weighted by Crippen LogP contribution is 2.24. The van der Waals surface area contributed by atoms with Gasteiger partial charge in [0.2, 0.25) is 5.78 Å². The van der Waals surface area contributed by atoms with Gasteiger partial charge in [-0.25, -0.2) is 0 Å². The van der Waals surface area contributed by atoms with Gasteiger partial charge in [0.15, 0.2) is 5.78 Å². The van der Waals surface area contributed by atoms with E-state index in [1.54, 1.807) is 0 Å². The molecule has 0 spiro atoms. The molecule has 1 heterocycles. The largest absolute Gasteiger partial charge is 0.481 e. The average molecular weight is 325 g/mol. The molecule has 1 rings (SSSR count). The van der Waals surface area contributed by atoms with E-state index in [0.29, 0.717) is 6.42 Å². The molecule has 0 aromatic carbocycles. The summed E-state index contributed by atoms with van der Waals surface area (Å²) in [6.45, 7) is 2.89. The van der Waals surface area contributed by atoms with Gasteiger partial charge in [-0.05, 0) is 38.1 Å². The molecule has 0 aromatic rings. The zero-order valence-corrected chi connectivity index (χ0v) is 14.3. The lowest BCUT2D eigenvalue weighted by Crippen LogP contribution is -2.40. The highest BCUT2D eigenvalue weighted by atomic mass is 16.4. The molecule has 0 bridgehead atoms. The predicted molar refractivity (Wildman–Crippen MR) is 89.4 cm³/mol. The summed E-state index contributed by atoms with van der Waals surface area (Å²) in [4.78, 5) is 34.7. The van der Waals surface area contributed by atoms with Crippen LogP contribution in [0.4, 0.5) is 0 Å². The van der Waals surface area contributed by atoms with Crippen LogP contribution in [-0.4, -0.2) is 35.2 Å². The summed E-state index contributed by atoms with van der Waals surface area (Å²) >= 11 is 0. The van der Waals surface area contributed by atoms with E-state index in [4.69, 9.17) is 5.11 Å². The summed E-state index contributed by atoms with van der Waals surface area (Å²) in [5.74, 6) is -0.923. The Morgan fingerprint density at radius 2 is 1.70 bits per heavy atom.